The highest BCUT2D eigenvalue weighted by atomic mass is 16.5. The fourth-order valence-electron chi connectivity index (χ4n) is 2.96. The highest BCUT2D eigenvalue weighted by molar-refractivity contribution is 5.30. The molecule has 0 N–H and O–H groups in total. The van der Waals surface area contributed by atoms with E-state index in [9.17, 15) is 5.26 Å². The Morgan fingerprint density at radius 3 is 2.63 bits per heavy atom. The van der Waals surface area contributed by atoms with Crippen LogP contribution in [0, 0.1) is 24.2 Å². The van der Waals surface area contributed by atoms with Crippen LogP contribution in [0.3, 0.4) is 0 Å². The molecule has 19 heavy (non-hydrogen) atoms. The summed E-state index contributed by atoms with van der Waals surface area (Å²) in [5.41, 5.74) is 2.55. The van der Waals surface area contributed by atoms with Crippen molar-refractivity contribution in [1.29, 1.82) is 5.26 Å². The standard InChI is InChI=1S/C17H23NO/c1-13(2)16-12-17(8-10-18,9-11-19-16)15-6-4-14(3)5-7-15/h4-7,13,16H,8-9,11-12H2,1-3H3/t16-,17-/m0/s1. The van der Waals surface area contributed by atoms with E-state index in [1.54, 1.807) is 0 Å². The van der Waals surface area contributed by atoms with Crippen molar-refractivity contribution in [3.63, 3.8) is 0 Å². The first-order valence-corrected chi connectivity index (χ1v) is 7.13. The highest BCUT2D eigenvalue weighted by Gasteiger charge is 2.39. The minimum atomic E-state index is -0.0182. The van der Waals surface area contributed by atoms with Crippen molar-refractivity contribution in [3.8, 4) is 6.07 Å². The summed E-state index contributed by atoms with van der Waals surface area (Å²) in [4.78, 5) is 0. The van der Waals surface area contributed by atoms with Crippen LogP contribution in [0.2, 0.25) is 0 Å². The zero-order valence-corrected chi connectivity index (χ0v) is 12.1. The Morgan fingerprint density at radius 1 is 1.37 bits per heavy atom. The summed E-state index contributed by atoms with van der Waals surface area (Å²) in [6.45, 7) is 7.25. The molecule has 1 saturated heterocycles. The highest BCUT2D eigenvalue weighted by Crippen LogP contribution is 2.41. The van der Waals surface area contributed by atoms with Gasteiger partial charge in [0.15, 0.2) is 0 Å². The smallest absolute Gasteiger partial charge is 0.0631 e. The number of benzene rings is 1. The second kappa shape index (κ2) is 5.75. The van der Waals surface area contributed by atoms with Gasteiger partial charge in [0.2, 0.25) is 0 Å². The quantitative estimate of drug-likeness (QED) is 0.820. The van der Waals surface area contributed by atoms with Gasteiger partial charge in [0, 0.05) is 18.4 Å². The van der Waals surface area contributed by atoms with E-state index >= 15 is 0 Å². The van der Waals surface area contributed by atoms with Crippen LogP contribution in [0.25, 0.3) is 0 Å². The monoisotopic (exact) mass is 257 g/mol. The molecule has 1 heterocycles. The minimum Gasteiger partial charge on any atom is -0.378 e. The molecule has 102 valence electrons. The zero-order valence-electron chi connectivity index (χ0n) is 12.1. The predicted molar refractivity (Wildman–Crippen MR) is 76.9 cm³/mol. The van der Waals surface area contributed by atoms with Gasteiger partial charge in [-0.3, -0.25) is 0 Å². The van der Waals surface area contributed by atoms with Crippen LogP contribution >= 0.6 is 0 Å². The number of nitriles is 1. The maximum atomic E-state index is 9.23. The van der Waals surface area contributed by atoms with Gasteiger partial charge < -0.3 is 4.74 Å². The Bertz CT molecular complexity index is 457. The molecule has 1 aromatic rings. The molecule has 1 aliphatic heterocycles. The molecule has 1 aliphatic rings. The molecule has 0 aromatic heterocycles. The average molecular weight is 257 g/mol. The summed E-state index contributed by atoms with van der Waals surface area (Å²) in [6, 6.07) is 11.1. The fourth-order valence-corrected chi connectivity index (χ4v) is 2.96. The van der Waals surface area contributed by atoms with Crippen LogP contribution in [-0.2, 0) is 10.2 Å². The molecular formula is C17H23NO. The van der Waals surface area contributed by atoms with E-state index in [2.05, 4.69) is 51.1 Å². The maximum Gasteiger partial charge on any atom is 0.0631 e. The fraction of sp³-hybridized carbons (Fsp3) is 0.588. The number of aryl methyl sites for hydroxylation is 1. The third-order valence-corrected chi connectivity index (χ3v) is 4.33. The van der Waals surface area contributed by atoms with Gasteiger partial charge in [0.1, 0.15) is 0 Å². The summed E-state index contributed by atoms with van der Waals surface area (Å²) in [6.07, 6.45) is 2.76. The molecule has 1 aromatic carbocycles. The van der Waals surface area contributed by atoms with Crippen LogP contribution in [0.4, 0.5) is 0 Å². The van der Waals surface area contributed by atoms with Crippen LogP contribution in [0.15, 0.2) is 24.3 Å². The summed E-state index contributed by atoms with van der Waals surface area (Å²) < 4.78 is 5.88. The Morgan fingerprint density at radius 2 is 2.05 bits per heavy atom. The van der Waals surface area contributed by atoms with E-state index in [1.165, 1.54) is 11.1 Å². The topological polar surface area (TPSA) is 33.0 Å². The first-order chi connectivity index (χ1) is 9.07. The molecule has 1 fully saturated rings. The molecule has 0 radical (unpaired) electrons. The molecule has 2 nitrogen and oxygen atoms in total. The number of nitrogens with zero attached hydrogens (tertiary/aromatic N) is 1. The van der Waals surface area contributed by atoms with Gasteiger partial charge in [-0.05, 0) is 31.2 Å². The Balaban J connectivity index is 2.32. The lowest BCUT2D eigenvalue weighted by Gasteiger charge is -2.41. The van der Waals surface area contributed by atoms with Crippen molar-refractivity contribution in [2.24, 2.45) is 5.92 Å². The van der Waals surface area contributed by atoms with Gasteiger partial charge >= 0.3 is 0 Å². The second-order valence-electron chi connectivity index (χ2n) is 6.09. The van der Waals surface area contributed by atoms with Crippen molar-refractivity contribution in [3.05, 3.63) is 35.4 Å². The van der Waals surface area contributed by atoms with Gasteiger partial charge in [0.25, 0.3) is 0 Å². The summed E-state index contributed by atoms with van der Waals surface area (Å²) in [5, 5.41) is 9.23. The predicted octanol–water partition coefficient (Wildman–Crippen LogP) is 3.98. The van der Waals surface area contributed by atoms with E-state index in [0.717, 1.165) is 19.4 Å². The third kappa shape index (κ3) is 2.98. The zero-order chi connectivity index (χ0) is 13.9. The number of ether oxygens (including phenoxy) is 1. The lowest BCUT2D eigenvalue weighted by atomic mass is 9.69. The lowest BCUT2D eigenvalue weighted by Crippen LogP contribution is -2.40. The summed E-state index contributed by atoms with van der Waals surface area (Å²) in [7, 11) is 0. The molecule has 0 amide bonds. The molecule has 0 aliphatic carbocycles. The molecule has 0 saturated carbocycles. The molecule has 0 spiro atoms. The van der Waals surface area contributed by atoms with Crippen LogP contribution in [0.5, 0.6) is 0 Å². The SMILES string of the molecule is Cc1ccc([C@@]2(CC#N)CCO[C@H](C(C)C)C2)cc1. The van der Waals surface area contributed by atoms with Crippen molar-refractivity contribution >= 4 is 0 Å². The van der Waals surface area contributed by atoms with Gasteiger partial charge in [-0.15, -0.1) is 0 Å². The van der Waals surface area contributed by atoms with Crippen molar-refractivity contribution in [2.75, 3.05) is 6.61 Å². The first kappa shape index (κ1) is 14.1. The van der Waals surface area contributed by atoms with Gasteiger partial charge in [-0.2, -0.15) is 5.26 Å². The molecule has 0 unspecified atom stereocenters. The number of hydrogen-bond donors (Lipinski definition) is 0. The van der Waals surface area contributed by atoms with E-state index in [1.807, 2.05) is 0 Å². The van der Waals surface area contributed by atoms with Crippen molar-refractivity contribution in [2.45, 2.75) is 51.6 Å². The molecule has 2 atom stereocenters. The van der Waals surface area contributed by atoms with E-state index in [-0.39, 0.29) is 11.5 Å². The van der Waals surface area contributed by atoms with Gasteiger partial charge in [-0.1, -0.05) is 43.7 Å². The van der Waals surface area contributed by atoms with Crippen molar-refractivity contribution in [1.82, 2.24) is 0 Å². The number of rotatable bonds is 3. The Labute approximate surface area is 116 Å². The molecule has 2 rings (SSSR count). The molecule has 2 heteroatoms. The van der Waals surface area contributed by atoms with Gasteiger partial charge in [-0.25, -0.2) is 0 Å². The van der Waals surface area contributed by atoms with Gasteiger partial charge in [0.05, 0.1) is 12.2 Å². The Kier molecular flexibility index (Phi) is 4.27. The summed E-state index contributed by atoms with van der Waals surface area (Å²) >= 11 is 0. The maximum absolute atomic E-state index is 9.23. The van der Waals surface area contributed by atoms with Crippen LogP contribution in [0.1, 0.15) is 44.2 Å². The van der Waals surface area contributed by atoms with E-state index in [0.29, 0.717) is 12.3 Å². The molecular weight excluding hydrogens is 234 g/mol. The van der Waals surface area contributed by atoms with Crippen molar-refractivity contribution < 1.29 is 4.74 Å². The number of hydrogen-bond acceptors (Lipinski definition) is 2. The summed E-state index contributed by atoms with van der Waals surface area (Å²) in [5.74, 6) is 0.504. The largest absolute Gasteiger partial charge is 0.378 e. The van der Waals surface area contributed by atoms with E-state index in [4.69, 9.17) is 4.74 Å². The minimum absolute atomic E-state index is 0.0182. The normalized spacial score (nSPS) is 27.2. The van der Waals surface area contributed by atoms with E-state index < -0.39 is 0 Å². The lowest BCUT2D eigenvalue weighted by molar-refractivity contribution is -0.0441. The second-order valence-corrected chi connectivity index (χ2v) is 6.09. The van der Waals surface area contributed by atoms with Crippen LogP contribution in [-0.4, -0.2) is 12.7 Å². The Hall–Kier alpha value is -1.33. The third-order valence-electron chi connectivity index (χ3n) is 4.33. The average Bonchev–Trinajstić information content (AvgIpc) is 2.40. The van der Waals surface area contributed by atoms with Crippen LogP contribution < -0.4 is 0 Å². The first-order valence-electron chi connectivity index (χ1n) is 7.13. The molecule has 0 bridgehead atoms.